The molecule has 1 nitrogen and oxygen atoms in total. The minimum atomic E-state index is 0.629. The number of benzene rings is 2. The summed E-state index contributed by atoms with van der Waals surface area (Å²) in [5, 5.41) is 0. The van der Waals surface area contributed by atoms with Crippen LogP contribution in [-0.4, -0.2) is 0 Å². The van der Waals surface area contributed by atoms with Crippen molar-refractivity contribution in [2.75, 3.05) is 0 Å². The topological polar surface area (TPSA) is 9.23 Å². The molecule has 0 saturated heterocycles. The standard InChI is InChI=1S/C20H22O/c1-2-8-19-18-12-7-6-11-17(18)13-14-20(19)21-15-16-9-4-3-5-10-16/h2-5,9-10,13-14H,1,6-8,11-12,15H2. The Balaban J connectivity index is 1.85. The molecule has 1 aliphatic carbocycles. The smallest absolute Gasteiger partial charge is 0.123 e. The third-order valence-corrected chi connectivity index (χ3v) is 4.19. The van der Waals surface area contributed by atoms with Crippen molar-refractivity contribution in [3.8, 4) is 5.75 Å². The molecule has 0 aromatic heterocycles. The van der Waals surface area contributed by atoms with Gasteiger partial charge < -0.3 is 4.74 Å². The van der Waals surface area contributed by atoms with Gasteiger partial charge in [0.2, 0.25) is 0 Å². The highest BCUT2D eigenvalue weighted by Gasteiger charge is 2.16. The van der Waals surface area contributed by atoms with E-state index < -0.39 is 0 Å². The minimum absolute atomic E-state index is 0.629. The summed E-state index contributed by atoms with van der Waals surface area (Å²) in [4.78, 5) is 0. The number of hydrogen-bond donors (Lipinski definition) is 0. The molecule has 0 heterocycles. The van der Waals surface area contributed by atoms with Crippen LogP contribution in [0.1, 0.15) is 35.1 Å². The maximum absolute atomic E-state index is 6.09. The summed E-state index contributed by atoms with van der Waals surface area (Å²) in [6.45, 7) is 4.54. The number of aryl methyl sites for hydroxylation is 1. The molecule has 0 amide bonds. The molecule has 1 heteroatoms. The van der Waals surface area contributed by atoms with Crippen LogP contribution in [0.25, 0.3) is 0 Å². The summed E-state index contributed by atoms with van der Waals surface area (Å²) in [6.07, 6.45) is 7.87. The fraction of sp³-hybridized carbons (Fsp3) is 0.300. The van der Waals surface area contributed by atoms with Crippen molar-refractivity contribution in [1.82, 2.24) is 0 Å². The third-order valence-electron chi connectivity index (χ3n) is 4.19. The van der Waals surface area contributed by atoms with Gasteiger partial charge in [0.05, 0.1) is 0 Å². The fourth-order valence-electron chi connectivity index (χ4n) is 3.12. The molecule has 108 valence electrons. The van der Waals surface area contributed by atoms with E-state index >= 15 is 0 Å². The molecule has 21 heavy (non-hydrogen) atoms. The lowest BCUT2D eigenvalue weighted by Crippen LogP contribution is -2.08. The molecule has 3 rings (SSSR count). The summed E-state index contributed by atoms with van der Waals surface area (Å²) in [7, 11) is 0. The largest absolute Gasteiger partial charge is 0.489 e. The van der Waals surface area contributed by atoms with Gasteiger partial charge in [0.1, 0.15) is 12.4 Å². The lowest BCUT2D eigenvalue weighted by atomic mass is 9.87. The summed E-state index contributed by atoms with van der Waals surface area (Å²) in [5.74, 6) is 1.03. The summed E-state index contributed by atoms with van der Waals surface area (Å²) < 4.78 is 6.09. The van der Waals surface area contributed by atoms with Gasteiger partial charge in [0.25, 0.3) is 0 Å². The zero-order valence-corrected chi connectivity index (χ0v) is 12.5. The summed E-state index contributed by atoms with van der Waals surface area (Å²) >= 11 is 0. The van der Waals surface area contributed by atoms with Gasteiger partial charge in [-0.25, -0.2) is 0 Å². The van der Waals surface area contributed by atoms with Crippen molar-refractivity contribution in [2.24, 2.45) is 0 Å². The van der Waals surface area contributed by atoms with Crippen LogP contribution in [-0.2, 0) is 25.9 Å². The van der Waals surface area contributed by atoms with E-state index in [0.29, 0.717) is 6.61 Å². The SMILES string of the molecule is C=CCc1c(OCc2ccccc2)ccc2c1CCCC2. The molecule has 0 unspecified atom stereocenters. The number of ether oxygens (including phenoxy) is 1. The second-order valence-corrected chi connectivity index (χ2v) is 5.65. The molecule has 2 aromatic rings. The molecule has 0 fully saturated rings. The highest BCUT2D eigenvalue weighted by atomic mass is 16.5. The van der Waals surface area contributed by atoms with Crippen molar-refractivity contribution in [3.63, 3.8) is 0 Å². The van der Waals surface area contributed by atoms with Crippen LogP contribution in [0.5, 0.6) is 5.75 Å². The van der Waals surface area contributed by atoms with Gasteiger partial charge in [-0.1, -0.05) is 42.5 Å². The zero-order valence-electron chi connectivity index (χ0n) is 12.5. The highest BCUT2D eigenvalue weighted by molar-refractivity contribution is 5.47. The first-order valence-corrected chi connectivity index (χ1v) is 7.79. The first-order valence-electron chi connectivity index (χ1n) is 7.79. The molecular formula is C20H22O. The van der Waals surface area contributed by atoms with E-state index in [1.807, 2.05) is 12.1 Å². The highest BCUT2D eigenvalue weighted by Crippen LogP contribution is 2.32. The van der Waals surface area contributed by atoms with Crippen LogP contribution in [0.2, 0.25) is 0 Å². The van der Waals surface area contributed by atoms with E-state index in [9.17, 15) is 0 Å². The fourth-order valence-corrected chi connectivity index (χ4v) is 3.12. The van der Waals surface area contributed by atoms with Crippen LogP contribution in [0, 0.1) is 0 Å². The normalized spacial score (nSPS) is 13.5. The quantitative estimate of drug-likeness (QED) is 0.709. The number of rotatable bonds is 5. The van der Waals surface area contributed by atoms with Gasteiger partial charge in [0.15, 0.2) is 0 Å². The Bertz CT molecular complexity index is 613. The Morgan fingerprint density at radius 3 is 2.62 bits per heavy atom. The van der Waals surface area contributed by atoms with Gasteiger partial charge in [-0.3, -0.25) is 0 Å². The average Bonchev–Trinajstić information content (AvgIpc) is 2.55. The van der Waals surface area contributed by atoms with E-state index in [-0.39, 0.29) is 0 Å². The second-order valence-electron chi connectivity index (χ2n) is 5.65. The van der Waals surface area contributed by atoms with Crippen molar-refractivity contribution in [2.45, 2.75) is 38.7 Å². The molecule has 0 radical (unpaired) electrons. The minimum Gasteiger partial charge on any atom is -0.489 e. The van der Waals surface area contributed by atoms with Gasteiger partial charge in [-0.05, 0) is 54.9 Å². The Hall–Kier alpha value is -2.02. The van der Waals surface area contributed by atoms with Gasteiger partial charge in [-0.15, -0.1) is 6.58 Å². The van der Waals surface area contributed by atoms with E-state index in [2.05, 4.69) is 43.0 Å². The lowest BCUT2D eigenvalue weighted by Gasteiger charge is -2.22. The predicted octanol–water partition coefficient (Wildman–Crippen LogP) is 4.87. The van der Waals surface area contributed by atoms with Gasteiger partial charge >= 0.3 is 0 Å². The zero-order chi connectivity index (χ0) is 14.5. The molecule has 1 aliphatic rings. The van der Waals surface area contributed by atoms with Gasteiger partial charge in [-0.2, -0.15) is 0 Å². The second kappa shape index (κ2) is 6.62. The van der Waals surface area contributed by atoms with Crippen molar-refractivity contribution in [3.05, 3.63) is 77.4 Å². The first-order chi connectivity index (χ1) is 10.4. The number of allylic oxidation sites excluding steroid dienone is 1. The van der Waals surface area contributed by atoms with Crippen molar-refractivity contribution < 1.29 is 4.74 Å². The van der Waals surface area contributed by atoms with E-state index in [4.69, 9.17) is 4.74 Å². The maximum Gasteiger partial charge on any atom is 0.123 e. The molecule has 0 spiro atoms. The Morgan fingerprint density at radius 2 is 1.81 bits per heavy atom. The van der Waals surface area contributed by atoms with Crippen molar-refractivity contribution in [1.29, 1.82) is 0 Å². The molecule has 0 aliphatic heterocycles. The van der Waals surface area contributed by atoms with Crippen LogP contribution in [0.3, 0.4) is 0 Å². The molecule has 0 bridgehead atoms. The summed E-state index contributed by atoms with van der Waals surface area (Å²) in [5.41, 5.74) is 5.56. The maximum atomic E-state index is 6.09. The molecule has 0 N–H and O–H groups in total. The first kappa shape index (κ1) is 13.9. The number of hydrogen-bond acceptors (Lipinski definition) is 1. The molecule has 2 aromatic carbocycles. The van der Waals surface area contributed by atoms with E-state index in [0.717, 1.165) is 12.2 Å². The average molecular weight is 278 g/mol. The van der Waals surface area contributed by atoms with Crippen LogP contribution in [0.4, 0.5) is 0 Å². The number of fused-ring (bicyclic) bond motifs is 1. The van der Waals surface area contributed by atoms with Crippen molar-refractivity contribution >= 4 is 0 Å². The summed E-state index contributed by atoms with van der Waals surface area (Å²) in [6, 6.07) is 14.7. The predicted molar refractivity (Wildman–Crippen MR) is 87.8 cm³/mol. The van der Waals surface area contributed by atoms with E-state index in [1.165, 1.54) is 47.9 Å². The Labute approximate surface area is 127 Å². The Morgan fingerprint density at radius 1 is 1.00 bits per heavy atom. The van der Waals surface area contributed by atoms with Gasteiger partial charge in [0, 0.05) is 5.56 Å². The molecule has 0 atom stereocenters. The van der Waals surface area contributed by atoms with Crippen LogP contribution >= 0.6 is 0 Å². The molecule has 0 saturated carbocycles. The van der Waals surface area contributed by atoms with E-state index in [1.54, 1.807) is 0 Å². The lowest BCUT2D eigenvalue weighted by molar-refractivity contribution is 0.303. The monoisotopic (exact) mass is 278 g/mol. The van der Waals surface area contributed by atoms with Crippen LogP contribution in [0.15, 0.2) is 55.1 Å². The molecular weight excluding hydrogens is 256 g/mol. The van der Waals surface area contributed by atoms with Crippen LogP contribution < -0.4 is 4.74 Å². The Kier molecular flexibility index (Phi) is 4.40. The third kappa shape index (κ3) is 3.18.